The molecule has 1 aromatic heterocycles. The van der Waals surface area contributed by atoms with Crippen molar-refractivity contribution < 1.29 is 17.5 Å². The van der Waals surface area contributed by atoms with Gasteiger partial charge in [0, 0.05) is 50.2 Å². The van der Waals surface area contributed by atoms with Gasteiger partial charge in [-0.3, -0.25) is 0 Å². The van der Waals surface area contributed by atoms with Crippen LogP contribution in [-0.2, 0) is 14.8 Å². The van der Waals surface area contributed by atoms with Gasteiger partial charge < -0.3 is 9.64 Å². The molecular weight excluding hydrogens is 419 g/mol. The first-order valence-electron chi connectivity index (χ1n) is 9.55. The van der Waals surface area contributed by atoms with Crippen LogP contribution in [0.4, 0.5) is 10.3 Å². The highest BCUT2D eigenvalue weighted by atomic mass is 35.5. The predicted octanol–water partition coefficient (Wildman–Crippen LogP) is 2.72. The van der Waals surface area contributed by atoms with Gasteiger partial charge in [-0.2, -0.15) is 0 Å². The molecule has 2 aliphatic heterocycles. The van der Waals surface area contributed by atoms with E-state index in [1.54, 1.807) is 6.20 Å². The molecule has 0 bridgehead atoms. The lowest BCUT2D eigenvalue weighted by atomic mass is 9.96. The second-order valence-corrected chi connectivity index (χ2v) is 9.42. The van der Waals surface area contributed by atoms with Crippen LogP contribution < -0.4 is 9.62 Å². The SMILES string of the molecule is O=S(=O)(NC1CCN(c2nccc(C3CCOCC3)n2)C1)c1ccc(F)c(Cl)c1. The molecule has 2 aliphatic rings. The average Bonchev–Trinajstić information content (AvgIpc) is 3.18. The van der Waals surface area contributed by atoms with Gasteiger partial charge in [0.15, 0.2) is 0 Å². The van der Waals surface area contributed by atoms with Crippen LogP contribution in [0.25, 0.3) is 0 Å². The third-order valence-electron chi connectivity index (χ3n) is 5.30. The number of rotatable bonds is 5. The van der Waals surface area contributed by atoms with E-state index in [1.807, 2.05) is 11.0 Å². The molecule has 10 heteroatoms. The van der Waals surface area contributed by atoms with Gasteiger partial charge in [0.2, 0.25) is 16.0 Å². The summed E-state index contributed by atoms with van der Waals surface area (Å²) in [6, 6.07) is 5.02. The maximum Gasteiger partial charge on any atom is 0.240 e. The summed E-state index contributed by atoms with van der Waals surface area (Å²) in [5.74, 6) is 0.324. The molecule has 1 aromatic carbocycles. The Morgan fingerprint density at radius 2 is 2.00 bits per heavy atom. The van der Waals surface area contributed by atoms with E-state index in [0.717, 1.165) is 43.9 Å². The minimum atomic E-state index is -3.80. The minimum Gasteiger partial charge on any atom is -0.381 e. The van der Waals surface area contributed by atoms with Crippen molar-refractivity contribution in [3.8, 4) is 0 Å². The first-order chi connectivity index (χ1) is 13.9. The first-order valence-corrected chi connectivity index (χ1v) is 11.4. The number of nitrogens with one attached hydrogen (secondary N) is 1. The fraction of sp³-hybridized carbons (Fsp3) is 0.474. The van der Waals surface area contributed by atoms with Gasteiger partial charge in [-0.25, -0.2) is 27.5 Å². The Labute approximate surface area is 174 Å². The van der Waals surface area contributed by atoms with E-state index in [0.29, 0.717) is 31.4 Å². The Hall–Kier alpha value is -1.81. The highest BCUT2D eigenvalue weighted by Crippen LogP contribution is 2.27. The lowest BCUT2D eigenvalue weighted by Crippen LogP contribution is -2.37. The highest BCUT2D eigenvalue weighted by Gasteiger charge is 2.29. The number of sulfonamides is 1. The lowest BCUT2D eigenvalue weighted by Gasteiger charge is -2.23. The largest absolute Gasteiger partial charge is 0.381 e. The smallest absolute Gasteiger partial charge is 0.240 e. The van der Waals surface area contributed by atoms with Crippen molar-refractivity contribution in [2.75, 3.05) is 31.2 Å². The molecule has 3 heterocycles. The normalized spacial score (nSPS) is 20.9. The summed E-state index contributed by atoms with van der Waals surface area (Å²) in [6.07, 6.45) is 4.27. The van der Waals surface area contributed by atoms with Gasteiger partial charge >= 0.3 is 0 Å². The second kappa shape index (κ2) is 8.51. The molecule has 29 heavy (non-hydrogen) atoms. The molecule has 1 unspecified atom stereocenters. The zero-order valence-electron chi connectivity index (χ0n) is 15.7. The molecule has 1 N–H and O–H groups in total. The van der Waals surface area contributed by atoms with Crippen molar-refractivity contribution in [2.45, 2.75) is 36.1 Å². The molecule has 0 radical (unpaired) electrons. The van der Waals surface area contributed by atoms with Crippen molar-refractivity contribution >= 4 is 27.6 Å². The van der Waals surface area contributed by atoms with Crippen LogP contribution in [0.5, 0.6) is 0 Å². The van der Waals surface area contributed by atoms with Crippen LogP contribution in [0.15, 0.2) is 35.4 Å². The monoisotopic (exact) mass is 440 g/mol. The molecule has 0 spiro atoms. The van der Waals surface area contributed by atoms with Crippen molar-refractivity contribution in [2.24, 2.45) is 0 Å². The van der Waals surface area contributed by atoms with E-state index in [1.165, 1.54) is 6.07 Å². The number of benzene rings is 1. The van der Waals surface area contributed by atoms with E-state index < -0.39 is 15.8 Å². The molecule has 2 aromatic rings. The third-order valence-corrected chi connectivity index (χ3v) is 7.11. The van der Waals surface area contributed by atoms with E-state index in [2.05, 4.69) is 9.71 Å². The van der Waals surface area contributed by atoms with Gasteiger partial charge in [0.1, 0.15) is 5.82 Å². The van der Waals surface area contributed by atoms with Gasteiger partial charge in [-0.1, -0.05) is 11.6 Å². The third kappa shape index (κ3) is 4.69. The predicted molar refractivity (Wildman–Crippen MR) is 107 cm³/mol. The second-order valence-electron chi connectivity index (χ2n) is 7.30. The standard InChI is InChI=1S/C19H22ClFN4O3S/c20-16-11-15(1-2-17(16)21)29(26,27)24-14-4-8-25(12-14)19-22-7-3-18(23-19)13-5-9-28-10-6-13/h1-3,7,11,13-14,24H,4-6,8-10,12H2. The quantitative estimate of drug-likeness (QED) is 0.769. The van der Waals surface area contributed by atoms with Crippen molar-refractivity contribution in [1.82, 2.24) is 14.7 Å². The highest BCUT2D eigenvalue weighted by molar-refractivity contribution is 7.89. The Balaban J connectivity index is 1.43. The molecule has 2 saturated heterocycles. The van der Waals surface area contributed by atoms with Crippen molar-refractivity contribution in [3.05, 3.63) is 47.0 Å². The molecule has 4 rings (SSSR count). The van der Waals surface area contributed by atoms with Gasteiger partial charge in [0.25, 0.3) is 0 Å². The van der Waals surface area contributed by atoms with Crippen LogP contribution in [-0.4, -0.2) is 50.7 Å². The van der Waals surface area contributed by atoms with Gasteiger partial charge in [0.05, 0.1) is 9.92 Å². The zero-order chi connectivity index (χ0) is 20.4. The Morgan fingerprint density at radius 1 is 1.21 bits per heavy atom. The summed E-state index contributed by atoms with van der Waals surface area (Å²) in [4.78, 5) is 11.0. The molecule has 0 amide bonds. The zero-order valence-corrected chi connectivity index (χ0v) is 17.3. The number of aromatic nitrogens is 2. The molecule has 1 atom stereocenters. The fourth-order valence-corrected chi connectivity index (χ4v) is 5.24. The molecule has 0 aliphatic carbocycles. The van der Waals surface area contributed by atoms with Crippen molar-refractivity contribution in [3.63, 3.8) is 0 Å². The van der Waals surface area contributed by atoms with Gasteiger partial charge in [-0.05, 0) is 43.5 Å². The Morgan fingerprint density at radius 3 is 2.76 bits per heavy atom. The Bertz CT molecular complexity index is 985. The van der Waals surface area contributed by atoms with E-state index in [-0.39, 0.29) is 16.0 Å². The molecular formula is C19H22ClFN4O3S. The molecule has 0 saturated carbocycles. The van der Waals surface area contributed by atoms with E-state index in [4.69, 9.17) is 21.3 Å². The fourth-order valence-electron chi connectivity index (χ4n) is 3.70. The Kier molecular flexibility index (Phi) is 6.00. The van der Waals surface area contributed by atoms with Crippen molar-refractivity contribution in [1.29, 1.82) is 0 Å². The first kappa shape index (κ1) is 20.5. The van der Waals surface area contributed by atoms with Crippen LogP contribution >= 0.6 is 11.6 Å². The summed E-state index contributed by atoms with van der Waals surface area (Å²) in [5.41, 5.74) is 1.00. The molecule has 156 valence electrons. The van der Waals surface area contributed by atoms with E-state index in [9.17, 15) is 12.8 Å². The summed E-state index contributed by atoms with van der Waals surface area (Å²) in [5, 5.41) is -0.223. The molecule has 7 nitrogen and oxygen atoms in total. The number of nitrogens with zero attached hydrogens (tertiary/aromatic N) is 3. The molecule has 2 fully saturated rings. The van der Waals surface area contributed by atoms with Crippen LogP contribution in [0.2, 0.25) is 5.02 Å². The number of ether oxygens (including phenoxy) is 1. The maximum absolute atomic E-state index is 13.3. The number of anilines is 1. The summed E-state index contributed by atoms with van der Waals surface area (Å²) in [6.45, 7) is 2.59. The number of hydrogen-bond donors (Lipinski definition) is 1. The summed E-state index contributed by atoms with van der Waals surface area (Å²) in [7, 11) is -3.80. The summed E-state index contributed by atoms with van der Waals surface area (Å²) < 4.78 is 46.6. The van der Waals surface area contributed by atoms with Crippen LogP contribution in [0.1, 0.15) is 30.9 Å². The maximum atomic E-state index is 13.3. The van der Waals surface area contributed by atoms with Crippen LogP contribution in [0.3, 0.4) is 0 Å². The summed E-state index contributed by atoms with van der Waals surface area (Å²) >= 11 is 5.72. The number of hydrogen-bond acceptors (Lipinski definition) is 6. The number of halogens is 2. The minimum absolute atomic E-state index is 0.0554. The lowest BCUT2D eigenvalue weighted by molar-refractivity contribution is 0.0845. The topological polar surface area (TPSA) is 84.4 Å². The van der Waals surface area contributed by atoms with Crippen LogP contribution in [0, 0.1) is 5.82 Å². The average molecular weight is 441 g/mol. The van der Waals surface area contributed by atoms with E-state index >= 15 is 0 Å². The van der Waals surface area contributed by atoms with Gasteiger partial charge in [-0.15, -0.1) is 0 Å².